The third kappa shape index (κ3) is 3.81. The van der Waals surface area contributed by atoms with E-state index in [0.717, 1.165) is 5.56 Å². The molecule has 0 saturated heterocycles. The summed E-state index contributed by atoms with van der Waals surface area (Å²) >= 11 is 0. The smallest absolute Gasteiger partial charge is 0.329 e. The summed E-state index contributed by atoms with van der Waals surface area (Å²) in [4.78, 5) is 40.2. The van der Waals surface area contributed by atoms with Gasteiger partial charge >= 0.3 is 5.69 Å². The van der Waals surface area contributed by atoms with Crippen LogP contribution in [0.3, 0.4) is 0 Å². The van der Waals surface area contributed by atoms with Gasteiger partial charge in [0.25, 0.3) is 5.56 Å². The van der Waals surface area contributed by atoms with Crippen LogP contribution < -0.4 is 11.2 Å². The average Bonchev–Trinajstić information content (AvgIpc) is 2.58. The number of ketones is 1. The number of aromatic amines is 1. The van der Waals surface area contributed by atoms with Crippen molar-refractivity contribution in [2.75, 3.05) is 13.7 Å². The molecule has 26 heavy (non-hydrogen) atoms. The van der Waals surface area contributed by atoms with Crippen LogP contribution >= 0.6 is 0 Å². The summed E-state index contributed by atoms with van der Waals surface area (Å²) in [6, 6.07) is 6.78. The molecule has 0 aliphatic rings. The lowest BCUT2D eigenvalue weighted by molar-refractivity contribution is 0.102. The van der Waals surface area contributed by atoms with E-state index in [1.54, 1.807) is 32.9 Å². The van der Waals surface area contributed by atoms with Gasteiger partial charge in [-0.1, -0.05) is 13.8 Å². The molecule has 136 valence electrons. The van der Waals surface area contributed by atoms with Crippen molar-refractivity contribution in [3.8, 4) is 6.07 Å². The summed E-state index contributed by atoms with van der Waals surface area (Å²) in [5.74, 6) is -0.736. The summed E-state index contributed by atoms with van der Waals surface area (Å²) in [7, 11) is 1.49. The second-order valence-corrected chi connectivity index (χ2v) is 6.35. The molecule has 1 heterocycles. The fourth-order valence-corrected chi connectivity index (χ4v) is 2.88. The highest BCUT2D eigenvalue weighted by Gasteiger charge is 2.24. The molecule has 1 N–H and O–H groups in total. The van der Waals surface area contributed by atoms with Gasteiger partial charge in [-0.3, -0.25) is 19.1 Å². The SMILES string of the molecule is COCCn1c(C(=O)c2cc(C)cc(C#N)c2)c(C(C)C)c(=O)[nH]c1=O. The van der Waals surface area contributed by atoms with Crippen molar-refractivity contribution in [1.29, 1.82) is 5.26 Å². The van der Waals surface area contributed by atoms with Crippen LogP contribution in [0.5, 0.6) is 0 Å². The van der Waals surface area contributed by atoms with Gasteiger partial charge in [0.1, 0.15) is 5.69 Å². The number of H-pyrrole nitrogens is 1. The van der Waals surface area contributed by atoms with Crippen molar-refractivity contribution in [1.82, 2.24) is 9.55 Å². The van der Waals surface area contributed by atoms with Crippen molar-refractivity contribution in [2.24, 2.45) is 0 Å². The maximum Gasteiger partial charge on any atom is 0.329 e. The van der Waals surface area contributed by atoms with E-state index >= 15 is 0 Å². The highest BCUT2D eigenvalue weighted by molar-refractivity contribution is 6.09. The van der Waals surface area contributed by atoms with Crippen LogP contribution in [0.2, 0.25) is 0 Å². The third-order valence-corrected chi connectivity index (χ3v) is 4.02. The molecule has 0 radical (unpaired) electrons. The maximum atomic E-state index is 13.2. The summed E-state index contributed by atoms with van der Waals surface area (Å²) < 4.78 is 6.25. The lowest BCUT2D eigenvalue weighted by atomic mass is 9.95. The number of benzene rings is 1. The van der Waals surface area contributed by atoms with Gasteiger partial charge in [-0.25, -0.2) is 4.79 Å². The first-order valence-electron chi connectivity index (χ1n) is 8.22. The molecule has 0 aliphatic heterocycles. The van der Waals surface area contributed by atoms with Gasteiger partial charge in [-0.15, -0.1) is 0 Å². The van der Waals surface area contributed by atoms with E-state index in [1.807, 2.05) is 6.07 Å². The fraction of sp³-hybridized carbons (Fsp3) is 0.368. The molecule has 0 aliphatic carbocycles. The Morgan fingerprint density at radius 2 is 2.00 bits per heavy atom. The first-order chi connectivity index (χ1) is 12.3. The number of aryl methyl sites for hydroxylation is 1. The minimum absolute atomic E-state index is 0.0419. The number of nitriles is 1. The van der Waals surface area contributed by atoms with E-state index in [0.29, 0.717) is 5.56 Å². The van der Waals surface area contributed by atoms with Crippen molar-refractivity contribution in [2.45, 2.75) is 33.2 Å². The van der Waals surface area contributed by atoms with E-state index < -0.39 is 17.0 Å². The minimum Gasteiger partial charge on any atom is -0.383 e. The van der Waals surface area contributed by atoms with Crippen LogP contribution in [-0.4, -0.2) is 29.1 Å². The topological polar surface area (TPSA) is 105 Å². The number of nitrogens with zero attached hydrogens (tertiary/aromatic N) is 2. The van der Waals surface area contributed by atoms with E-state index in [-0.39, 0.29) is 35.9 Å². The number of hydrogen-bond acceptors (Lipinski definition) is 5. The second-order valence-electron chi connectivity index (χ2n) is 6.35. The lowest BCUT2D eigenvalue weighted by Crippen LogP contribution is -2.38. The number of ether oxygens (including phenoxy) is 1. The monoisotopic (exact) mass is 355 g/mol. The lowest BCUT2D eigenvalue weighted by Gasteiger charge is -2.17. The molecular formula is C19H21N3O4. The van der Waals surface area contributed by atoms with Crippen molar-refractivity contribution in [3.63, 3.8) is 0 Å². The van der Waals surface area contributed by atoms with Crippen LogP contribution in [0, 0.1) is 18.3 Å². The number of carbonyl (C=O) groups excluding carboxylic acids is 1. The molecule has 2 aromatic rings. The van der Waals surface area contributed by atoms with Crippen LogP contribution in [0.15, 0.2) is 27.8 Å². The quantitative estimate of drug-likeness (QED) is 0.794. The molecule has 0 spiro atoms. The van der Waals surface area contributed by atoms with Crippen molar-refractivity contribution < 1.29 is 9.53 Å². The molecule has 0 atom stereocenters. The molecule has 0 bridgehead atoms. The van der Waals surface area contributed by atoms with Gasteiger partial charge in [-0.2, -0.15) is 5.26 Å². The van der Waals surface area contributed by atoms with Crippen LogP contribution in [0.1, 0.15) is 52.5 Å². The van der Waals surface area contributed by atoms with Gasteiger partial charge in [0.05, 0.1) is 24.8 Å². The first-order valence-corrected chi connectivity index (χ1v) is 8.22. The van der Waals surface area contributed by atoms with Gasteiger partial charge < -0.3 is 4.74 Å². The predicted molar refractivity (Wildman–Crippen MR) is 96.6 cm³/mol. The van der Waals surface area contributed by atoms with E-state index in [1.165, 1.54) is 17.7 Å². The van der Waals surface area contributed by atoms with Crippen LogP contribution in [-0.2, 0) is 11.3 Å². The summed E-state index contributed by atoms with van der Waals surface area (Å²) in [6.07, 6.45) is 0. The summed E-state index contributed by atoms with van der Waals surface area (Å²) in [5, 5.41) is 9.15. The van der Waals surface area contributed by atoms with Crippen LogP contribution in [0.4, 0.5) is 0 Å². The Hall–Kier alpha value is -2.98. The molecule has 1 aromatic carbocycles. The van der Waals surface area contributed by atoms with Gasteiger partial charge in [0, 0.05) is 18.2 Å². The van der Waals surface area contributed by atoms with Crippen molar-refractivity contribution in [3.05, 3.63) is 67.0 Å². The summed E-state index contributed by atoms with van der Waals surface area (Å²) in [5.41, 5.74) is 0.401. The zero-order valence-electron chi connectivity index (χ0n) is 15.3. The van der Waals surface area contributed by atoms with E-state index in [9.17, 15) is 14.4 Å². The third-order valence-electron chi connectivity index (χ3n) is 4.02. The Kier molecular flexibility index (Phi) is 5.90. The second kappa shape index (κ2) is 7.93. The minimum atomic E-state index is -0.659. The van der Waals surface area contributed by atoms with Gasteiger partial charge in [-0.05, 0) is 36.6 Å². The number of hydrogen-bond donors (Lipinski definition) is 1. The fourth-order valence-electron chi connectivity index (χ4n) is 2.88. The highest BCUT2D eigenvalue weighted by atomic mass is 16.5. The Balaban J connectivity index is 2.79. The molecule has 2 rings (SSSR count). The zero-order chi connectivity index (χ0) is 19.4. The molecule has 1 aromatic heterocycles. The van der Waals surface area contributed by atoms with E-state index in [4.69, 9.17) is 10.00 Å². The molecule has 7 nitrogen and oxygen atoms in total. The van der Waals surface area contributed by atoms with Gasteiger partial charge in [0.15, 0.2) is 0 Å². The molecule has 0 saturated carbocycles. The number of carbonyl (C=O) groups is 1. The Morgan fingerprint density at radius 3 is 2.58 bits per heavy atom. The zero-order valence-corrected chi connectivity index (χ0v) is 15.3. The highest BCUT2D eigenvalue weighted by Crippen LogP contribution is 2.19. The first kappa shape index (κ1) is 19.3. The maximum absolute atomic E-state index is 13.2. The molecule has 0 fully saturated rings. The number of aromatic nitrogens is 2. The predicted octanol–water partition coefficient (Wildman–Crippen LogP) is 1.72. The van der Waals surface area contributed by atoms with Gasteiger partial charge in [0.2, 0.25) is 5.78 Å². The number of methoxy groups -OCH3 is 1. The van der Waals surface area contributed by atoms with E-state index in [2.05, 4.69) is 4.98 Å². The standard InChI is InChI=1S/C19H21N3O4/c1-11(2)15-16(22(5-6-26-4)19(25)21-18(15)24)17(23)14-8-12(3)7-13(9-14)10-20/h7-9,11H,5-6H2,1-4H3,(H,21,24,25). The largest absolute Gasteiger partial charge is 0.383 e. The average molecular weight is 355 g/mol. The Morgan fingerprint density at radius 1 is 1.31 bits per heavy atom. The number of nitrogens with one attached hydrogen (secondary N) is 1. The molecule has 0 amide bonds. The molecular weight excluding hydrogens is 334 g/mol. The molecule has 7 heteroatoms. The number of rotatable bonds is 6. The van der Waals surface area contributed by atoms with Crippen LogP contribution in [0.25, 0.3) is 0 Å². The Labute approximate surface area is 150 Å². The molecule has 0 unspecified atom stereocenters. The van der Waals surface area contributed by atoms with Crippen molar-refractivity contribution >= 4 is 5.78 Å². The summed E-state index contributed by atoms with van der Waals surface area (Å²) in [6.45, 7) is 5.68. The normalized spacial score (nSPS) is 10.8. The Bertz CT molecular complexity index is 993.